The maximum Gasteiger partial charge on any atom is 0.220 e. The van der Waals surface area contributed by atoms with E-state index in [0.29, 0.717) is 11.8 Å². The van der Waals surface area contributed by atoms with Gasteiger partial charge in [0.1, 0.15) is 0 Å². The number of para-hydroxylation sites is 1. The zero-order valence-corrected chi connectivity index (χ0v) is 15.9. The lowest BCUT2D eigenvalue weighted by atomic mass is 9.49. The predicted octanol–water partition coefficient (Wildman–Crippen LogP) is 4.14. The SMILES string of the molecule is O=C(CCc1cnn(-c2ccccc2)c1)NCC12CC3CC(CC(C3)C1)C2. The first-order chi connectivity index (χ1) is 13.2. The number of carbonyl (C=O) groups excluding carboxylic acids is 1. The van der Waals surface area contributed by atoms with Gasteiger partial charge in [-0.3, -0.25) is 4.79 Å². The third kappa shape index (κ3) is 3.54. The number of hydrogen-bond donors (Lipinski definition) is 1. The summed E-state index contributed by atoms with van der Waals surface area (Å²) in [5.41, 5.74) is 2.58. The summed E-state index contributed by atoms with van der Waals surface area (Å²) in [7, 11) is 0. The first kappa shape index (κ1) is 17.0. The molecule has 0 saturated heterocycles. The Kier molecular flexibility index (Phi) is 4.30. The Bertz CT molecular complexity index is 775. The van der Waals surface area contributed by atoms with Crippen molar-refractivity contribution in [1.82, 2.24) is 15.1 Å². The first-order valence-electron chi connectivity index (χ1n) is 10.5. The topological polar surface area (TPSA) is 46.9 Å². The second kappa shape index (κ2) is 6.81. The molecular formula is C23H29N3O. The van der Waals surface area contributed by atoms with Crippen molar-refractivity contribution in [3.63, 3.8) is 0 Å². The average molecular weight is 364 g/mol. The molecule has 27 heavy (non-hydrogen) atoms. The highest BCUT2D eigenvalue weighted by atomic mass is 16.1. The van der Waals surface area contributed by atoms with E-state index in [1.165, 1.54) is 38.5 Å². The molecule has 6 rings (SSSR count). The molecule has 1 amide bonds. The normalized spacial score (nSPS) is 31.2. The lowest BCUT2D eigenvalue weighted by molar-refractivity contribution is -0.123. The van der Waals surface area contributed by atoms with Crippen LogP contribution in [0.3, 0.4) is 0 Å². The minimum atomic E-state index is 0.193. The molecule has 1 heterocycles. The van der Waals surface area contributed by atoms with Crippen molar-refractivity contribution in [3.8, 4) is 5.69 Å². The Morgan fingerprint density at radius 3 is 2.41 bits per heavy atom. The molecule has 0 atom stereocenters. The quantitative estimate of drug-likeness (QED) is 0.838. The van der Waals surface area contributed by atoms with Crippen molar-refractivity contribution >= 4 is 5.91 Å². The van der Waals surface area contributed by atoms with Gasteiger partial charge in [-0.1, -0.05) is 18.2 Å². The van der Waals surface area contributed by atoms with Crippen molar-refractivity contribution in [2.75, 3.05) is 6.54 Å². The van der Waals surface area contributed by atoms with Crippen molar-refractivity contribution in [2.24, 2.45) is 23.2 Å². The molecule has 142 valence electrons. The average Bonchev–Trinajstić information content (AvgIpc) is 3.14. The largest absolute Gasteiger partial charge is 0.356 e. The van der Waals surface area contributed by atoms with Crippen LogP contribution in [-0.2, 0) is 11.2 Å². The van der Waals surface area contributed by atoms with E-state index in [9.17, 15) is 4.79 Å². The van der Waals surface area contributed by atoms with Crippen LogP contribution in [0.1, 0.15) is 50.5 Å². The predicted molar refractivity (Wildman–Crippen MR) is 105 cm³/mol. The summed E-state index contributed by atoms with van der Waals surface area (Å²) >= 11 is 0. The van der Waals surface area contributed by atoms with Gasteiger partial charge in [0, 0.05) is 19.2 Å². The number of rotatable bonds is 6. The lowest BCUT2D eigenvalue weighted by Gasteiger charge is -2.56. The highest BCUT2D eigenvalue weighted by Gasteiger charge is 2.50. The molecule has 4 heteroatoms. The van der Waals surface area contributed by atoms with Crippen LogP contribution in [0, 0.1) is 23.2 Å². The van der Waals surface area contributed by atoms with E-state index in [0.717, 1.165) is 42.0 Å². The van der Waals surface area contributed by atoms with Crippen LogP contribution in [0.25, 0.3) is 5.69 Å². The fourth-order valence-corrected chi connectivity index (χ4v) is 6.35. The Labute approximate surface area is 161 Å². The Morgan fingerprint density at radius 1 is 1.07 bits per heavy atom. The van der Waals surface area contributed by atoms with Gasteiger partial charge in [0.15, 0.2) is 0 Å². The molecule has 1 aromatic heterocycles. The van der Waals surface area contributed by atoms with E-state index in [2.05, 4.69) is 10.4 Å². The van der Waals surface area contributed by atoms with Gasteiger partial charge in [-0.2, -0.15) is 5.10 Å². The zero-order valence-electron chi connectivity index (χ0n) is 15.9. The van der Waals surface area contributed by atoms with Crippen LogP contribution in [0.5, 0.6) is 0 Å². The molecule has 4 aliphatic carbocycles. The van der Waals surface area contributed by atoms with Crippen LogP contribution < -0.4 is 5.32 Å². The molecule has 1 aromatic carbocycles. The van der Waals surface area contributed by atoms with Gasteiger partial charge in [0.2, 0.25) is 5.91 Å². The summed E-state index contributed by atoms with van der Waals surface area (Å²) in [6.45, 7) is 0.901. The second-order valence-corrected chi connectivity index (χ2v) is 9.32. The van der Waals surface area contributed by atoms with Crippen molar-refractivity contribution in [2.45, 2.75) is 51.4 Å². The molecule has 4 fully saturated rings. The van der Waals surface area contributed by atoms with Crippen molar-refractivity contribution in [3.05, 3.63) is 48.3 Å². The first-order valence-corrected chi connectivity index (χ1v) is 10.5. The molecule has 2 aromatic rings. The Hall–Kier alpha value is -2.10. The van der Waals surface area contributed by atoms with Crippen LogP contribution >= 0.6 is 0 Å². The molecule has 1 N–H and O–H groups in total. The molecule has 4 saturated carbocycles. The minimum Gasteiger partial charge on any atom is -0.356 e. The lowest BCUT2D eigenvalue weighted by Crippen LogP contribution is -2.51. The number of aryl methyl sites for hydroxylation is 1. The molecule has 4 aliphatic rings. The maximum atomic E-state index is 12.4. The van der Waals surface area contributed by atoms with E-state index in [1.807, 2.05) is 47.4 Å². The summed E-state index contributed by atoms with van der Waals surface area (Å²) in [6, 6.07) is 10.1. The third-order valence-electron chi connectivity index (χ3n) is 7.12. The number of hydrogen-bond acceptors (Lipinski definition) is 2. The molecule has 0 aliphatic heterocycles. The monoisotopic (exact) mass is 363 g/mol. The van der Waals surface area contributed by atoms with Crippen LogP contribution in [0.2, 0.25) is 0 Å². The third-order valence-corrected chi connectivity index (χ3v) is 7.12. The molecule has 0 radical (unpaired) electrons. The number of amides is 1. The van der Waals surface area contributed by atoms with Gasteiger partial charge in [-0.05, 0) is 85.8 Å². The van der Waals surface area contributed by atoms with Crippen LogP contribution in [0.15, 0.2) is 42.7 Å². The highest BCUT2D eigenvalue weighted by Crippen LogP contribution is 2.59. The molecule has 0 unspecified atom stereocenters. The van der Waals surface area contributed by atoms with E-state index in [1.54, 1.807) is 0 Å². The van der Waals surface area contributed by atoms with Crippen molar-refractivity contribution in [1.29, 1.82) is 0 Å². The van der Waals surface area contributed by atoms with E-state index in [-0.39, 0.29) is 5.91 Å². The Balaban J connectivity index is 1.13. The van der Waals surface area contributed by atoms with Crippen molar-refractivity contribution < 1.29 is 4.79 Å². The van der Waals surface area contributed by atoms with Gasteiger partial charge in [-0.15, -0.1) is 0 Å². The number of nitrogens with zero attached hydrogens (tertiary/aromatic N) is 2. The number of nitrogens with one attached hydrogen (secondary N) is 1. The zero-order chi connectivity index (χ0) is 18.3. The van der Waals surface area contributed by atoms with E-state index >= 15 is 0 Å². The maximum absolute atomic E-state index is 12.4. The fraction of sp³-hybridized carbons (Fsp3) is 0.565. The number of carbonyl (C=O) groups is 1. The smallest absolute Gasteiger partial charge is 0.220 e. The summed E-state index contributed by atoms with van der Waals surface area (Å²) in [6.07, 6.45) is 13.6. The number of benzene rings is 1. The summed E-state index contributed by atoms with van der Waals surface area (Å²) in [4.78, 5) is 12.4. The van der Waals surface area contributed by atoms with Gasteiger partial charge in [0.25, 0.3) is 0 Å². The van der Waals surface area contributed by atoms with Gasteiger partial charge in [0.05, 0.1) is 11.9 Å². The molecular weight excluding hydrogens is 334 g/mol. The van der Waals surface area contributed by atoms with Gasteiger partial charge < -0.3 is 5.32 Å². The standard InChI is InChI=1S/C23H29N3O/c27-22(7-6-17-14-25-26(15-17)21-4-2-1-3-5-21)24-16-23-11-18-8-19(12-23)10-20(9-18)13-23/h1-5,14-15,18-20H,6-13,16H2,(H,24,27). The summed E-state index contributed by atoms with van der Waals surface area (Å²) in [5, 5.41) is 7.70. The minimum absolute atomic E-state index is 0.193. The number of aromatic nitrogens is 2. The van der Waals surface area contributed by atoms with Crippen LogP contribution in [-0.4, -0.2) is 22.2 Å². The van der Waals surface area contributed by atoms with Gasteiger partial charge >= 0.3 is 0 Å². The van der Waals surface area contributed by atoms with E-state index < -0.39 is 0 Å². The van der Waals surface area contributed by atoms with Gasteiger partial charge in [-0.25, -0.2) is 4.68 Å². The van der Waals surface area contributed by atoms with Crippen LogP contribution in [0.4, 0.5) is 0 Å². The fourth-order valence-electron chi connectivity index (χ4n) is 6.35. The molecule has 0 spiro atoms. The van der Waals surface area contributed by atoms with E-state index in [4.69, 9.17) is 0 Å². The summed E-state index contributed by atoms with van der Waals surface area (Å²) in [5.74, 6) is 3.02. The summed E-state index contributed by atoms with van der Waals surface area (Å²) < 4.78 is 1.88. The second-order valence-electron chi connectivity index (χ2n) is 9.32. The Morgan fingerprint density at radius 2 is 1.74 bits per heavy atom. The highest BCUT2D eigenvalue weighted by molar-refractivity contribution is 5.76. The molecule has 4 nitrogen and oxygen atoms in total. The molecule has 4 bridgehead atoms.